The lowest BCUT2D eigenvalue weighted by molar-refractivity contribution is 0.0735. The van der Waals surface area contributed by atoms with Crippen LogP contribution < -0.4 is 4.90 Å². The molecule has 26 heavy (non-hydrogen) atoms. The number of anilines is 1. The molecule has 2 fully saturated rings. The minimum absolute atomic E-state index is 0.0744. The maximum atomic E-state index is 13.2. The molecule has 0 radical (unpaired) electrons. The first-order valence-corrected chi connectivity index (χ1v) is 10.8. The lowest BCUT2D eigenvalue weighted by Gasteiger charge is -2.28. The number of benzene rings is 1. The Morgan fingerprint density at radius 3 is 2.23 bits per heavy atom. The highest BCUT2D eigenvalue weighted by Crippen LogP contribution is 2.31. The van der Waals surface area contributed by atoms with Crippen LogP contribution in [0.4, 0.5) is 5.69 Å². The molecule has 1 aliphatic carbocycles. The van der Waals surface area contributed by atoms with Gasteiger partial charge in [-0.15, -0.1) is 0 Å². The van der Waals surface area contributed by atoms with Gasteiger partial charge in [0.2, 0.25) is 10.0 Å². The number of carbonyl (C=O) groups is 1. The quantitative estimate of drug-likeness (QED) is 0.789. The fraction of sp³-hybridized carbons (Fsp3) is 0.632. The molecule has 1 heterocycles. The van der Waals surface area contributed by atoms with Gasteiger partial charge in [0.25, 0.3) is 5.91 Å². The van der Waals surface area contributed by atoms with Gasteiger partial charge in [-0.3, -0.25) is 4.79 Å². The summed E-state index contributed by atoms with van der Waals surface area (Å²) in [4.78, 5) is 17.4. The third kappa shape index (κ3) is 3.60. The number of nitrogens with zero attached hydrogens (tertiary/aromatic N) is 3. The van der Waals surface area contributed by atoms with Crippen molar-refractivity contribution in [3.63, 3.8) is 0 Å². The molecule has 0 aromatic heterocycles. The molecule has 0 atom stereocenters. The molecule has 6 nitrogen and oxygen atoms in total. The molecule has 0 spiro atoms. The Labute approximate surface area is 156 Å². The average molecular weight is 380 g/mol. The first-order chi connectivity index (χ1) is 12.3. The zero-order chi connectivity index (χ0) is 18.9. The summed E-state index contributed by atoms with van der Waals surface area (Å²) in [6.07, 6.45) is 6.55. The summed E-state index contributed by atoms with van der Waals surface area (Å²) in [6, 6.07) is 5.24. The lowest BCUT2D eigenvalue weighted by atomic mass is 10.1. The Morgan fingerprint density at radius 1 is 1.04 bits per heavy atom. The minimum Gasteiger partial charge on any atom is -0.371 e. The molecule has 1 saturated heterocycles. The van der Waals surface area contributed by atoms with E-state index in [9.17, 15) is 13.2 Å². The van der Waals surface area contributed by atoms with E-state index in [1.807, 2.05) is 11.9 Å². The van der Waals surface area contributed by atoms with Crippen LogP contribution in [-0.2, 0) is 10.0 Å². The Hall–Kier alpha value is -1.60. The average Bonchev–Trinajstić information content (AvgIpc) is 3.33. The van der Waals surface area contributed by atoms with Crippen molar-refractivity contribution in [1.29, 1.82) is 0 Å². The van der Waals surface area contributed by atoms with Crippen molar-refractivity contribution in [1.82, 2.24) is 9.21 Å². The third-order valence-corrected chi connectivity index (χ3v) is 7.43. The first-order valence-electron chi connectivity index (χ1n) is 9.41. The van der Waals surface area contributed by atoms with Crippen LogP contribution in [0.3, 0.4) is 0 Å². The van der Waals surface area contributed by atoms with Crippen LogP contribution in [0.5, 0.6) is 0 Å². The van der Waals surface area contributed by atoms with Crippen molar-refractivity contribution in [2.45, 2.75) is 49.5 Å². The van der Waals surface area contributed by atoms with Gasteiger partial charge in [-0.2, -0.15) is 0 Å². The number of hydrogen-bond donors (Lipinski definition) is 0. The fourth-order valence-corrected chi connectivity index (χ4v) is 4.87. The minimum atomic E-state index is -3.57. The van der Waals surface area contributed by atoms with Crippen LogP contribution in [0.2, 0.25) is 0 Å². The van der Waals surface area contributed by atoms with Gasteiger partial charge in [0.1, 0.15) is 0 Å². The van der Waals surface area contributed by atoms with E-state index >= 15 is 0 Å². The van der Waals surface area contributed by atoms with Gasteiger partial charge in [-0.25, -0.2) is 12.7 Å². The number of rotatable bonds is 5. The molecule has 3 rings (SSSR count). The SMILES string of the molecule is CN(C(=O)c1cc(S(=O)(=O)N(C)C)ccc1N1CCCC1)C1CCCC1. The molecular formula is C19H29N3O3S. The zero-order valence-corrected chi connectivity index (χ0v) is 16.8. The van der Waals surface area contributed by atoms with E-state index in [2.05, 4.69) is 4.90 Å². The summed E-state index contributed by atoms with van der Waals surface area (Å²) in [5.41, 5.74) is 1.36. The van der Waals surface area contributed by atoms with Crippen LogP contribution >= 0.6 is 0 Å². The van der Waals surface area contributed by atoms with Crippen molar-refractivity contribution in [2.24, 2.45) is 0 Å². The summed E-state index contributed by atoms with van der Waals surface area (Å²) in [5.74, 6) is -0.0744. The highest BCUT2D eigenvalue weighted by Gasteiger charge is 2.29. The fourth-order valence-electron chi connectivity index (χ4n) is 3.94. The van der Waals surface area contributed by atoms with Crippen molar-refractivity contribution < 1.29 is 13.2 Å². The number of hydrogen-bond acceptors (Lipinski definition) is 4. The van der Waals surface area contributed by atoms with Gasteiger partial charge < -0.3 is 9.80 Å². The summed E-state index contributed by atoms with van der Waals surface area (Å²) in [5, 5.41) is 0. The van der Waals surface area contributed by atoms with E-state index in [0.29, 0.717) is 5.56 Å². The third-order valence-electron chi connectivity index (χ3n) is 5.62. The maximum absolute atomic E-state index is 13.2. The van der Waals surface area contributed by atoms with Crippen LogP contribution in [0, 0.1) is 0 Å². The van der Waals surface area contributed by atoms with E-state index in [1.165, 1.54) is 18.4 Å². The molecule has 1 saturated carbocycles. The van der Waals surface area contributed by atoms with Gasteiger partial charge >= 0.3 is 0 Å². The summed E-state index contributed by atoms with van der Waals surface area (Å²) in [7, 11) is 1.29. The lowest BCUT2D eigenvalue weighted by Crippen LogP contribution is -2.36. The number of amides is 1. The smallest absolute Gasteiger partial charge is 0.255 e. The Kier molecular flexibility index (Phi) is 5.58. The normalized spacial score (nSPS) is 18.7. The summed E-state index contributed by atoms with van der Waals surface area (Å²) in [6.45, 7) is 1.82. The molecule has 1 aromatic carbocycles. The Bertz CT molecular complexity index is 764. The summed E-state index contributed by atoms with van der Waals surface area (Å²) < 4.78 is 26.3. The van der Waals surface area contributed by atoms with Crippen molar-refractivity contribution in [3.05, 3.63) is 23.8 Å². The molecule has 1 amide bonds. The monoisotopic (exact) mass is 379 g/mol. The maximum Gasteiger partial charge on any atom is 0.255 e. The highest BCUT2D eigenvalue weighted by molar-refractivity contribution is 7.89. The van der Waals surface area contributed by atoms with Crippen LogP contribution in [0.1, 0.15) is 48.9 Å². The predicted octanol–water partition coefficient (Wildman–Crippen LogP) is 2.55. The van der Waals surface area contributed by atoms with Gasteiger partial charge in [-0.05, 0) is 43.9 Å². The zero-order valence-electron chi connectivity index (χ0n) is 15.9. The van der Waals surface area contributed by atoms with Crippen LogP contribution in [-0.4, -0.2) is 63.8 Å². The van der Waals surface area contributed by atoms with Crippen molar-refractivity contribution in [2.75, 3.05) is 39.1 Å². The molecule has 7 heteroatoms. The number of sulfonamides is 1. The molecule has 0 bridgehead atoms. The Morgan fingerprint density at radius 2 is 1.65 bits per heavy atom. The predicted molar refractivity (Wildman–Crippen MR) is 103 cm³/mol. The molecule has 144 valence electrons. The van der Waals surface area contributed by atoms with Gasteiger partial charge in [0.15, 0.2) is 0 Å². The van der Waals surface area contributed by atoms with E-state index in [-0.39, 0.29) is 16.8 Å². The van der Waals surface area contributed by atoms with Crippen molar-refractivity contribution >= 4 is 21.6 Å². The van der Waals surface area contributed by atoms with E-state index < -0.39 is 10.0 Å². The van der Waals surface area contributed by atoms with Crippen molar-refractivity contribution in [3.8, 4) is 0 Å². The molecule has 0 unspecified atom stereocenters. The highest BCUT2D eigenvalue weighted by atomic mass is 32.2. The van der Waals surface area contributed by atoms with Gasteiger partial charge in [0.05, 0.1) is 10.5 Å². The van der Waals surface area contributed by atoms with E-state index in [4.69, 9.17) is 0 Å². The molecule has 1 aromatic rings. The largest absolute Gasteiger partial charge is 0.371 e. The second kappa shape index (κ2) is 7.56. The summed E-state index contributed by atoms with van der Waals surface area (Å²) >= 11 is 0. The van der Waals surface area contributed by atoms with Crippen LogP contribution in [0.15, 0.2) is 23.1 Å². The second-order valence-corrected chi connectivity index (χ2v) is 9.67. The molecule has 1 aliphatic heterocycles. The van der Waals surface area contributed by atoms with Gasteiger partial charge in [-0.1, -0.05) is 12.8 Å². The molecule has 0 N–H and O–H groups in total. The molecule has 2 aliphatic rings. The molecular weight excluding hydrogens is 350 g/mol. The number of carbonyl (C=O) groups excluding carboxylic acids is 1. The van der Waals surface area contributed by atoms with Gasteiger partial charge in [0, 0.05) is 46.0 Å². The Balaban J connectivity index is 2.02. The first kappa shape index (κ1) is 19.2. The van der Waals surface area contributed by atoms with E-state index in [0.717, 1.165) is 57.3 Å². The topological polar surface area (TPSA) is 60.9 Å². The van der Waals surface area contributed by atoms with E-state index in [1.54, 1.807) is 18.2 Å². The van der Waals surface area contributed by atoms with Crippen LogP contribution in [0.25, 0.3) is 0 Å². The second-order valence-electron chi connectivity index (χ2n) is 7.51. The standard InChI is InChI=1S/C19H29N3O3S/c1-20(2)26(24,25)16-10-11-18(22-12-6-7-13-22)17(14-16)19(23)21(3)15-8-4-5-9-15/h10-11,14-15H,4-9,12-13H2,1-3H3.